The second kappa shape index (κ2) is 9.72. The lowest BCUT2D eigenvalue weighted by Crippen LogP contribution is -2.31. The Bertz CT molecular complexity index is 1460. The van der Waals surface area contributed by atoms with Crippen molar-refractivity contribution in [2.75, 3.05) is 12.4 Å². The van der Waals surface area contributed by atoms with Crippen molar-refractivity contribution in [1.82, 2.24) is 8.87 Å². The highest BCUT2D eigenvalue weighted by Crippen LogP contribution is 2.32. The number of furan rings is 1. The van der Waals surface area contributed by atoms with Crippen LogP contribution in [-0.4, -0.2) is 27.9 Å². The van der Waals surface area contributed by atoms with Crippen molar-refractivity contribution in [3.05, 3.63) is 89.1 Å². The summed E-state index contributed by atoms with van der Waals surface area (Å²) in [6, 6.07) is 16.9. The van der Waals surface area contributed by atoms with Crippen LogP contribution in [0.1, 0.15) is 5.76 Å². The van der Waals surface area contributed by atoms with Gasteiger partial charge in [0, 0.05) is 30.4 Å². The zero-order valence-corrected chi connectivity index (χ0v) is 19.3. The van der Waals surface area contributed by atoms with Crippen LogP contribution >= 0.6 is 12.8 Å². The van der Waals surface area contributed by atoms with Crippen LogP contribution in [0.5, 0.6) is 5.75 Å². The zero-order chi connectivity index (χ0) is 24.2. The molecule has 4 aromatic rings. The van der Waals surface area contributed by atoms with Gasteiger partial charge in [-0.3, -0.25) is 9.59 Å². The van der Waals surface area contributed by atoms with Crippen molar-refractivity contribution in [3.8, 4) is 16.9 Å². The van der Waals surface area contributed by atoms with Crippen molar-refractivity contribution in [1.29, 1.82) is 0 Å². The number of para-hydroxylation sites is 1. The van der Waals surface area contributed by atoms with Gasteiger partial charge in [0.25, 0.3) is 11.5 Å². The number of methoxy groups -OCH3 is 1. The molecule has 0 bridgehead atoms. The van der Waals surface area contributed by atoms with Crippen LogP contribution < -0.4 is 15.6 Å². The molecule has 2 aromatic heterocycles. The predicted molar refractivity (Wildman–Crippen MR) is 134 cm³/mol. The van der Waals surface area contributed by atoms with Crippen molar-refractivity contribution in [3.63, 3.8) is 0 Å². The number of aromatic nitrogens is 1. The summed E-state index contributed by atoms with van der Waals surface area (Å²) in [5.41, 5.74) is 2.05. The number of rotatable bonds is 5. The van der Waals surface area contributed by atoms with E-state index in [2.05, 4.69) is 18.1 Å². The first-order valence-electron chi connectivity index (χ1n) is 10.2. The number of thiol groups is 1. The quantitative estimate of drug-likeness (QED) is 0.322. The molecule has 0 unspecified atom stereocenters. The average Bonchev–Trinajstić information content (AvgIpc) is 3.38. The van der Waals surface area contributed by atoms with E-state index in [4.69, 9.17) is 9.15 Å². The molecule has 2 aromatic carbocycles. The number of hydrogen-bond donors (Lipinski definition) is 2. The number of ether oxygens (including phenoxy) is 1. The Balaban J connectivity index is 1.58. The van der Waals surface area contributed by atoms with Gasteiger partial charge in [0.2, 0.25) is 0 Å². The molecule has 0 aliphatic heterocycles. The molecule has 0 atom stereocenters. The van der Waals surface area contributed by atoms with E-state index in [0.29, 0.717) is 32.6 Å². The Morgan fingerprint density at radius 1 is 1.09 bits per heavy atom. The highest BCUT2D eigenvalue weighted by atomic mass is 32.1. The summed E-state index contributed by atoms with van der Waals surface area (Å²) in [6.45, 7) is 0. The molecule has 4 rings (SSSR count). The Labute approximate surface area is 200 Å². The molecular weight excluding hydrogens is 454 g/mol. The van der Waals surface area contributed by atoms with Gasteiger partial charge in [0.15, 0.2) is 0 Å². The lowest BCUT2D eigenvalue weighted by Gasteiger charge is -2.15. The lowest BCUT2D eigenvalue weighted by molar-refractivity contribution is -0.119. The van der Waals surface area contributed by atoms with Gasteiger partial charge in [-0.15, -0.1) is 0 Å². The van der Waals surface area contributed by atoms with E-state index in [1.165, 1.54) is 25.5 Å². The summed E-state index contributed by atoms with van der Waals surface area (Å²) >= 11 is 3.98. The molecule has 34 heavy (non-hydrogen) atoms. The molecule has 9 heteroatoms. The largest absolute Gasteiger partial charge is 0.496 e. The number of benzene rings is 2. The maximum Gasteiger partial charge on any atom is 0.338 e. The van der Waals surface area contributed by atoms with Crippen LogP contribution in [0.4, 0.5) is 10.5 Å². The topological polar surface area (TPSA) is 93.8 Å². The van der Waals surface area contributed by atoms with Crippen LogP contribution in [0.2, 0.25) is 0 Å². The minimum absolute atomic E-state index is 0.177. The number of aryl methyl sites for hydroxylation is 1. The number of nitrogens with one attached hydrogen (secondary N) is 1. The summed E-state index contributed by atoms with van der Waals surface area (Å²) in [4.78, 5) is 37.7. The van der Waals surface area contributed by atoms with Gasteiger partial charge in [-0.2, -0.15) is 0 Å². The van der Waals surface area contributed by atoms with Crippen molar-refractivity contribution < 1.29 is 18.7 Å². The average molecular weight is 476 g/mol. The summed E-state index contributed by atoms with van der Waals surface area (Å²) in [5, 5.41) is 3.50. The number of hydrogen-bond acceptors (Lipinski definition) is 6. The molecule has 3 amide bonds. The number of amides is 3. The Morgan fingerprint density at radius 3 is 2.62 bits per heavy atom. The van der Waals surface area contributed by atoms with Crippen LogP contribution in [0.3, 0.4) is 0 Å². The van der Waals surface area contributed by atoms with Crippen LogP contribution in [0.15, 0.2) is 82.2 Å². The minimum atomic E-state index is -0.756. The second-order valence-electron chi connectivity index (χ2n) is 7.33. The number of fused-ring (bicyclic) bond motifs is 1. The maximum absolute atomic E-state index is 13.0. The molecule has 0 aliphatic rings. The van der Waals surface area contributed by atoms with E-state index >= 15 is 0 Å². The van der Waals surface area contributed by atoms with Crippen molar-refractivity contribution in [2.24, 2.45) is 7.05 Å². The molecule has 0 fully saturated rings. The van der Waals surface area contributed by atoms with Gasteiger partial charge in [0.1, 0.15) is 11.5 Å². The molecule has 172 valence electrons. The molecule has 0 saturated carbocycles. The van der Waals surface area contributed by atoms with Gasteiger partial charge in [-0.25, -0.2) is 9.10 Å². The normalized spacial score (nSPS) is 11.0. The van der Waals surface area contributed by atoms with Gasteiger partial charge in [0.05, 0.1) is 24.5 Å². The first-order valence-corrected chi connectivity index (χ1v) is 10.6. The van der Waals surface area contributed by atoms with E-state index in [1.54, 1.807) is 41.9 Å². The van der Waals surface area contributed by atoms with Crippen LogP contribution in [0, 0.1) is 0 Å². The van der Waals surface area contributed by atoms with E-state index in [0.717, 1.165) is 10.9 Å². The summed E-state index contributed by atoms with van der Waals surface area (Å²) < 4.78 is 12.8. The number of pyridine rings is 1. The third kappa shape index (κ3) is 4.60. The van der Waals surface area contributed by atoms with Gasteiger partial charge in [-0.05, 0) is 47.9 Å². The molecule has 0 radical (unpaired) electrons. The van der Waals surface area contributed by atoms with E-state index in [-0.39, 0.29) is 5.56 Å². The first kappa shape index (κ1) is 22.9. The molecule has 0 saturated heterocycles. The number of imide groups is 1. The smallest absolute Gasteiger partial charge is 0.338 e. The monoisotopic (exact) mass is 475 g/mol. The third-order valence-electron chi connectivity index (χ3n) is 5.21. The molecular formula is C25H21N3O5S. The zero-order valence-electron chi connectivity index (χ0n) is 18.4. The fraction of sp³-hybridized carbons (Fsp3) is 0.0800. The molecule has 0 spiro atoms. The van der Waals surface area contributed by atoms with Crippen LogP contribution in [-0.2, 0) is 11.8 Å². The van der Waals surface area contributed by atoms with Gasteiger partial charge in [-0.1, -0.05) is 31.0 Å². The molecule has 0 aliphatic carbocycles. The number of carbonyl (C=O) groups excluding carboxylic acids is 2. The lowest BCUT2D eigenvalue weighted by atomic mass is 10.0. The first-order chi connectivity index (χ1) is 16.4. The summed E-state index contributed by atoms with van der Waals surface area (Å²) in [5.74, 6) is 0.205. The molecule has 8 nitrogen and oxygen atoms in total. The van der Waals surface area contributed by atoms with Gasteiger partial charge < -0.3 is 19.0 Å². The molecule has 1 N–H and O–H groups in total. The summed E-state index contributed by atoms with van der Waals surface area (Å²) in [7, 11) is 3.19. The van der Waals surface area contributed by atoms with E-state index in [1.807, 2.05) is 30.3 Å². The second-order valence-corrected chi connectivity index (χ2v) is 7.73. The predicted octanol–water partition coefficient (Wildman–Crippen LogP) is 4.73. The Kier molecular flexibility index (Phi) is 6.55. The third-order valence-corrected chi connectivity index (χ3v) is 5.59. The fourth-order valence-electron chi connectivity index (χ4n) is 3.49. The number of urea groups is 1. The van der Waals surface area contributed by atoms with E-state index < -0.39 is 11.9 Å². The van der Waals surface area contributed by atoms with Crippen molar-refractivity contribution in [2.45, 2.75) is 0 Å². The van der Waals surface area contributed by atoms with E-state index in [9.17, 15) is 14.4 Å². The van der Waals surface area contributed by atoms with Crippen LogP contribution in [0.25, 0.3) is 28.1 Å². The van der Waals surface area contributed by atoms with Gasteiger partial charge >= 0.3 is 6.03 Å². The molecule has 2 heterocycles. The van der Waals surface area contributed by atoms with Crippen molar-refractivity contribution >= 4 is 47.4 Å². The highest BCUT2D eigenvalue weighted by Gasteiger charge is 2.18. The Morgan fingerprint density at radius 2 is 1.88 bits per heavy atom. The minimum Gasteiger partial charge on any atom is -0.496 e. The summed E-state index contributed by atoms with van der Waals surface area (Å²) in [6.07, 6.45) is 4.07. The number of carbonyl (C=O) groups is 2. The number of anilines is 1. The highest BCUT2D eigenvalue weighted by molar-refractivity contribution is 7.79. The maximum atomic E-state index is 13.0. The fourth-order valence-corrected chi connectivity index (χ4v) is 3.61. The SMILES string of the molecule is COc1cc(NC(=O)N(S)C(=O)/C=C/c2ccco2)ccc1-c1cc2ccccc2n(C)c1=O. The number of nitrogens with zero attached hydrogens (tertiary/aromatic N) is 2. The standard InChI is InChI=1S/C25H21N3O5S/c1-27-21-8-4-3-6-16(21)14-20(24(27)30)19-11-9-17(15-22(19)32-2)26-25(31)28(34)23(29)12-10-18-7-5-13-33-18/h3-15,34H,1-2H3,(H,26,31)/b12-10+. The Hall–Kier alpha value is -4.24.